The normalized spacial score (nSPS) is 17.5. The smallest absolute Gasteiger partial charge is 0.373 e. The van der Waals surface area contributed by atoms with Crippen LogP contribution in [0.5, 0.6) is 5.75 Å². The molecule has 1 aliphatic rings. The summed E-state index contributed by atoms with van der Waals surface area (Å²) in [4.78, 5) is 22.9. The molecule has 0 radical (unpaired) electrons. The van der Waals surface area contributed by atoms with E-state index in [1.807, 2.05) is 12.1 Å². The predicted molar refractivity (Wildman–Crippen MR) is 108 cm³/mol. The SMILES string of the molecule is CCCCOc1ccc(C(=O)OOC2CCCCCCCCCCC2)cc1. The molecule has 1 aromatic rings. The first-order valence-electron chi connectivity index (χ1n) is 10.9. The minimum Gasteiger partial charge on any atom is -0.494 e. The molecule has 4 nitrogen and oxygen atoms in total. The summed E-state index contributed by atoms with van der Waals surface area (Å²) >= 11 is 0. The Morgan fingerprint density at radius 2 is 1.44 bits per heavy atom. The van der Waals surface area contributed by atoms with E-state index < -0.39 is 5.97 Å². The average molecular weight is 377 g/mol. The van der Waals surface area contributed by atoms with Gasteiger partial charge in [0.05, 0.1) is 12.2 Å². The van der Waals surface area contributed by atoms with Gasteiger partial charge in [-0.1, -0.05) is 71.1 Å². The first-order chi connectivity index (χ1) is 13.3. The molecule has 1 aliphatic carbocycles. The summed E-state index contributed by atoms with van der Waals surface area (Å²) in [7, 11) is 0. The van der Waals surface area contributed by atoms with Gasteiger partial charge in [0.25, 0.3) is 0 Å². The van der Waals surface area contributed by atoms with Crippen molar-refractivity contribution >= 4 is 5.97 Å². The zero-order chi connectivity index (χ0) is 19.2. The molecular formula is C23H36O4. The van der Waals surface area contributed by atoms with Crippen molar-refractivity contribution in [3.63, 3.8) is 0 Å². The molecule has 0 aromatic heterocycles. The Bertz CT molecular complexity index is 500. The van der Waals surface area contributed by atoms with Crippen LogP contribution in [0, 0.1) is 0 Å². The summed E-state index contributed by atoms with van der Waals surface area (Å²) in [5.41, 5.74) is 0.492. The molecule has 152 valence electrons. The molecule has 0 aliphatic heterocycles. The van der Waals surface area contributed by atoms with Gasteiger partial charge in [0.15, 0.2) is 0 Å². The number of carbonyl (C=O) groups excluding carboxylic acids is 1. The van der Waals surface area contributed by atoms with E-state index >= 15 is 0 Å². The van der Waals surface area contributed by atoms with Crippen molar-refractivity contribution in [2.75, 3.05) is 6.61 Å². The third kappa shape index (κ3) is 9.28. The van der Waals surface area contributed by atoms with Crippen LogP contribution in [0.4, 0.5) is 0 Å². The molecule has 1 fully saturated rings. The van der Waals surface area contributed by atoms with Crippen LogP contribution in [0.1, 0.15) is 101 Å². The molecule has 0 atom stereocenters. The van der Waals surface area contributed by atoms with Crippen molar-refractivity contribution in [3.8, 4) is 5.75 Å². The minimum atomic E-state index is -0.429. The number of unbranched alkanes of at least 4 members (excludes halogenated alkanes) is 1. The molecule has 0 spiro atoms. The average Bonchev–Trinajstić information content (AvgIpc) is 2.68. The van der Waals surface area contributed by atoms with Gasteiger partial charge in [0.1, 0.15) is 11.9 Å². The van der Waals surface area contributed by atoms with Crippen molar-refractivity contribution in [3.05, 3.63) is 29.8 Å². The monoisotopic (exact) mass is 376 g/mol. The maximum atomic E-state index is 12.2. The second kappa shape index (κ2) is 13.6. The summed E-state index contributed by atoms with van der Waals surface area (Å²) in [6.45, 7) is 2.83. The van der Waals surface area contributed by atoms with Crippen LogP contribution in [0.3, 0.4) is 0 Å². The van der Waals surface area contributed by atoms with E-state index in [0.717, 1.165) is 44.3 Å². The fraction of sp³-hybridized carbons (Fsp3) is 0.696. The van der Waals surface area contributed by atoms with Gasteiger partial charge in [-0.25, -0.2) is 4.79 Å². The number of ether oxygens (including phenoxy) is 1. The van der Waals surface area contributed by atoms with Gasteiger partial charge in [-0.05, 0) is 43.5 Å². The van der Waals surface area contributed by atoms with Crippen molar-refractivity contribution < 1.29 is 19.3 Å². The highest BCUT2D eigenvalue weighted by Gasteiger charge is 2.15. The highest BCUT2D eigenvalue weighted by molar-refractivity contribution is 5.89. The molecule has 1 aromatic carbocycles. The van der Waals surface area contributed by atoms with Crippen LogP contribution in [-0.4, -0.2) is 18.7 Å². The standard InChI is InChI=1S/C23H36O4/c1-2-3-19-25-21-17-15-20(16-18-21)23(24)27-26-22-13-11-9-7-5-4-6-8-10-12-14-22/h15-18,22H,2-14,19H2,1H3. The third-order valence-corrected chi connectivity index (χ3v) is 5.17. The van der Waals surface area contributed by atoms with E-state index in [1.54, 1.807) is 12.1 Å². The van der Waals surface area contributed by atoms with E-state index in [1.165, 1.54) is 44.9 Å². The molecule has 0 heterocycles. The molecule has 0 N–H and O–H groups in total. The van der Waals surface area contributed by atoms with E-state index in [9.17, 15) is 4.79 Å². The van der Waals surface area contributed by atoms with Gasteiger partial charge in [-0.15, -0.1) is 0 Å². The Morgan fingerprint density at radius 1 is 0.889 bits per heavy atom. The molecule has 0 amide bonds. The molecule has 4 heteroatoms. The quantitative estimate of drug-likeness (QED) is 0.304. The molecule has 1 saturated carbocycles. The first-order valence-corrected chi connectivity index (χ1v) is 10.9. The van der Waals surface area contributed by atoms with Gasteiger partial charge in [0, 0.05) is 0 Å². The molecule has 0 unspecified atom stereocenters. The fourth-order valence-electron chi connectivity index (χ4n) is 3.40. The second-order valence-corrected chi connectivity index (χ2v) is 7.57. The summed E-state index contributed by atoms with van der Waals surface area (Å²) in [5, 5.41) is 0. The highest BCUT2D eigenvalue weighted by Crippen LogP contribution is 2.20. The maximum Gasteiger partial charge on any atom is 0.373 e. The molecule has 0 saturated heterocycles. The lowest BCUT2D eigenvalue weighted by atomic mass is 9.99. The lowest BCUT2D eigenvalue weighted by Crippen LogP contribution is -2.17. The topological polar surface area (TPSA) is 44.8 Å². The van der Waals surface area contributed by atoms with Crippen LogP contribution < -0.4 is 4.74 Å². The van der Waals surface area contributed by atoms with Gasteiger partial charge in [0.2, 0.25) is 0 Å². The summed E-state index contributed by atoms with van der Waals surface area (Å²) in [6.07, 6.45) is 15.5. The molecular weight excluding hydrogens is 340 g/mol. The number of hydrogen-bond donors (Lipinski definition) is 0. The maximum absolute atomic E-state index is 12.2. The van der Waals surface area contributed by atoms with Crippen LogP contribution in [0.25, 0.3) is 0 Å². The molecule has 0 bridgehead atoms. The Labute approximate surface area is 164 Å². The second-order valence-electron chi connectivity index (χ2n) is 7.57. The summed E-state index contributed by atoms with van der Waals surface area (Å²) < 4.78 is 5.62. The van der Waals surface area contributed by atoms with Crippen LogP contribution >= 0.6 is 0 Å². The Hall–Kier alpha value is -1.55. The summed E-state index contributed by atoms with van der Waals surface area (Å²) in [6, 6.07) is 7.08. The van der Waals surface area contributed by atoms with Crippen LogP contribution in [0.2, 0.25) is 0 Å². The highest BCUT2D eigenvalue weighted by atomic mass is 17.2. The number of benzene rings is 1. The lowest BCUT2D eigenvalue weighted by Gasteiger charge is -2.17. The predicted octanol–water partition coefficient (Wildman–Crippen LogP) is 6.63. The van der Waals surface area contributed by atoms with Gasteiger partial charge < -0.3 is 4.74 Å². The van der Waals surface area contributed by atoms with Crippen molar-refractivity contribution in [2.45, 2.75) is 96.5 Å². The van der Waals surface area contributed by atoms with Gasteiger partial charge in [-0.2, -0.15) is 4.89 Å². The Kier molecular flexibility index (Phi) is 10.9. The number of rotatable bonds is 7. The summed E-state index contributed by atoms with van der Waals surface area (Å²) in [5.74, 6) is 0.349. The zero-order valence-corrected chi connectivity index (χ0v) is 16.9. The minimum absolute atomic E-state index is 0.0185. The lowest BCUT2D eigenvalue weighted by molar-refractivity contribution is -0.277. The van der Waals surface area contributed by atoms with Crippen molar-refractivity contribution in [1.82, 2.24) is 0 Å². The number of carbonyl (C=O) groups is 1. The Balaban J connectivity index is 1.75. The van der Waals surface area contributed by atoms with Crippen molar-refractivity contribution in [2.24, 2.45) is 0 Å². The van der Waals surface area contributed by atoms with E-state index in [0.29, 0.717) is 12.2 Å². The Morgan fingerprint density at radius 3 is 2.00 bits per heavy atom. The van der Waals surface area contributed by atoms with Gasteiger partial charge in [-0.3, -0.25) is 4.89 Å². The molecule has 2 rings (SSSR count). The first kappa shape index (κ1) is 21.7. The van der Waals surface area contributed by atoms with Gasteiger partial charge >= 0.3 is 5.97 Å². The van der Waals surface area contributed by atoms with E-state index in [-0.39, 0.29) is 6.10 Å². The van der Waals surface area contributed by atoms with E-state index in [2.05, 4.69) is 6.92 Å². The number of hydrogen-bond acceptors (Lipinski definition) is 4. The largest absolute Gasteiger partial charge is 0.494 e. The van der Waals surface area contributed by atoms with Crippen LogP contribution in [-0.2, 0) is 9.78 Å². The van der Waals surface area contributed by atoms with Crippen LogP contribution in [0.15, 0.2) is 24.3 Å². The van der Waals surface area contributed by atoms with E-state index in [4.69, 9.17) is 14.5 Å². The zero-order valence-electron chi connectivity index (χ0n) is 16.9. The van der Waals surface area contributed by atoms with Crippen molar-refractivity contribution in [1.29, 1.82) is 0 Å². The third-order valence-electron chi connectivity index (χ3n) is 5.17. The fourth-order valence-corrected chi connectivity index (χ4v) is 3.40. The molecule has 27 heavy (non-hydrogen) atoms.